The molecule has 1 fully saturated rings. The molecule has 1 heterocycles. The second kappa shape index (κ2) is 9.57. The van der Waals surface area contributed by atoms with Gasteiger partial charge in [0.25, 0.3) is 5.91 Å². The molecule has 0 aromatic heterocycles. The first-order valence-electron chi connectivity index (χ1n) is 9.70. The van der Waals surface area contributed by atoms with Crippen LogP contribution in [-0.2, 0) is 4.74 Å². The maximum atomic E-state index is 12.6. The van der Waals surface area contributed by atoms with E-state index in [0.717, 1.165) is 32.1 Å². The molecule has 0 unspecified atom stereocenters. The average Bonchev–Trinajstić information content (AvgIpc) is 2.75. The lowest BCUT2D eigenvalue weighted by molar-refractivity contribution is -0.937. The molecule has 1 atom stereocenters. The number of morpholine rings is 1. The minimum absolute atomic E-state index is 0.0646. The summed E-state index contributed by atoms with van der Waals surface area (Å²) in [6, 6.07) is 16.0. The van der Waals surface area contributed by atoms with Crippen molar-refractivity contribution in [3.05, 3.63) is 59.7 Å². The Labute approximate surface area is 167 Å². The van der Waals surface area contributed by atoms with Crippen molar-refractivity contribution in [2.45, 2.75) is 6.04 Å². The minimum atomic E-state index is -0.0646. The molecule has 0 aliphatic carbocycles. The van der Waals surface area contributed by atoms with Gasteiger partial charge in [0, 0.05) is 30.9 Å². The van der Waals surface area contributed by atoms with Crippen molar-refractivity contribution in [1.29, 1.82) is 0 Å². The van der Waals surface area contributed by atoms with Crippen LogP contribution in [-0.4, -0.2) is 60.0 Å². The SMILES string of the molecule is COc1ccc(C(=O)NC[C@@H](c2ccc(N(C)C)cc2)[NH+]2CCOCC2)cc1. The maximum Gasteiger partial charge on any atom is 0.251 e. The molecule has 0 spiro atoms. The predicted molar refractivity (Wildman–Crippen MR) is 110 cm³/mol. The van der Waals surface area contributed by atoms with Crippen LogP contribution < -0.4 is 19.9 Å². The first kappa shape index (κ1) is 20.2. The third kappa shape index (κ3) is 5.03. The first-order valence-corrected chi connectivity index (χ1v) is 9.70. The summed E-state index contributed by atoms with van der Waals surface area (Å²) in [5.74, 6) is 0.679. The fourth-order valence-electron chi connectivity index (χ4n) is 3.52. The van der Waals surface area contributed by atoms with Crippen molar-refractivity contribution >= 4 is 11.6 Å². The Morgan fingerprint density at radius 3 is 2.32 bits per heavy atom. The van der Waals surface area contributed by atoms with Gasteiger partial charge in [0.2, 0.25) is 0 Å². The van der Waals surface area contributed by atoms with Gasteiger partial charge in [0.1, 0.15) is 24.9 Å². The number of benzene rings is 2. The quantitative estimate of drug-likeness (QED) is 0.752. The van der Waals surface area contributed by atoms with Gasteiger partial charge in [-0.05, 0) is 36.4 Å². The van der Waals surface area contributed by atoms with Crippen molar-refractivity contribution in [3.63, 3.8) is 0 Å². The largest absolute Gasteiger partial charge is 0.497 e. The van der Waals surface area contributed by atoms with Crippen LogP contribution in [0.2, 0.25) is 0 Å². The number of rotatable bonds is 7. The molecular formula is C22H30N3O3+. The molecule has 3 rings (SSSR count). The molecule has 2 aromatic carbocycles. The van der Waals surface area contributed by atoms with Gasteiger partial charge in [-0.2, -0.15) is 0 Å². The molecule has 0 saturated carbocycles. The first-order chi connectivity index (χ1) is 13.6. The van der Waals surface area contributed by atoms with E-state index in [4.69, 9.17) is 9.47 Å². The van der Waals surface area contributed by atoms with Crippen molar-refractivity contribution in [2.75, 3.05) is 59.0 Å². The van der Waals surface area contributed by atoms with Gasteiger partial charge in [-0.25, -0.2) is 0 Å². The number of amides is 1. The Kier molecular flexibility index (Phi) is 6.90. The van der Waals surface area contributed by atoms with E-state index < -0.39 is 0 Å². The fraction of sp³-hybridized carbons (Fsp3) is 0.409. The number of anilines is 1. The highest BCUT2D eigenvalue weighted by Crippen LogP contribution is 2.17. The van der Waals surface area contributed by atoms with Gasteiger partial charge >= 0.3 is 0 Å². The molecule has 28 heavy (non-hydrogen) atoms. The number of carbonyl (C=O) groups excluding carboxylic acids is 1. The normalized spacial score (nSPS) is 15.7. The Bertz CT molecular complexity index is 754. The zero-order valence-corrected chi connectivity index (χ0v) is 16.9. The fourth-order valence-corrected chi connectivity index (χ4v) is 3.52. The molecule has 1 amide bonds. The average molecular weight is 385 g/mol. The maximum absolute atomic E-state index is 12.6. The van der Waals surface area contributed by atoms with Crippen LogP contribution in [0.1, 0.15) is 22.0 Å². The van der Waals surface area contributed by atoms with E-state index in [9.17, 15) is 4.79 Å². The monoisotopic (exact) mass is 384 g/mol. The Hall–Kier alpha value is -2.57. The van der Waals surface area contributed by atoms with Crippen LogP contribution in [0.15, 0.2) is 48.5 Å². The molecule has 2 aromatic rings. The van der Waals surface area contributed by atoms with Gasteiger partial charge < -0.3 is 24.6 Å². The molecule has 150 valence electrons. The van der Waals surface area contributed by atoms with E-state index in [1.807, 2.05) is 14.1 Å². The molecule has 6 nitrogen and oxygen atoms in total. The van der Waals surface area contributed by atoms with E-state index in [-0.39, 0.29) is 11.9 Å². The number of quaternary nitrogens is 1. The molecular weight excluding hydrogens is 354 g/mol. The smallest absolute Gasteiger partial charge is 0.251 e. The lowest BCUT2D eigenvalue weighted by atomic mass is 10.0. The Balaban J connectivity index is 1.72. The van der Waals surface area contributed by atoms with E-state index in [1.54, 1.807) is 31.4 Å². The van der Waals surface area contributed by atoms with Gasteiger partial charge in [-0.1, -0.05) is 12.1 Å². The molecule has 1 aliphatic rings. The Morgan fingerprint density at radius 2 is 1.75 bits per heavy atom. The molecule has 6 heteroatoms. The second-order valence-electron chi connectivity index (χ2n) is 7.25. The molecule has 0 radical (unpaired) electrons. The molecule has 0 bridgehead atoms. The minimum Gasteiger partial charge on any atom is -0.497 e. The predicted octanol–water partition coefficient (Wildman–Crippen LogP) is 1.15. The summed E-state index contributed by atoms with van der Waals surface area (Å²) >= 11 is 0. The number of hydrogen-bond acceptors (Lipinski definition) is 4. The summed E-state index contributed by atoms with van der Waals surface area (Å²) in [6.45, 7) is 3.99. The van der Waals surface area contributed by atoms with E-state index in [2.05, 4.69) is 34.5 Å². The van der Waals surface area contributed by atoms with E-state index in [0.29, 0.717) is 12.1 Å². The van der Waals surface area contributed by atoms with Crippen LogP contribution in [0.3, 0.4) is 0 Å². The number of nitrogens with one attached hydrogen (secondary N) is 2. The number of methoxy groups -OCH3 is 1. The summed E-state index contributed by atoms with van der Waals surface area (Å²) in [4.78, 5) is 16.1. The lowest BCUT2D eigenvalue weighted by Gasteiger charge is -2.32. The highest BCUT2D eigenvalue weighted by molar-refractivity contribution is 5.94. The highest BCUT2D eigenvalue weighted by atomic mass is 16.5. The highest BCUT2D eigenvalue weighted by Gasteiger charge is 2.27. The topological polar surface area (TPSA) is 55.2 Å². The van der Waals surface area contributed by atoms with Gasteiger partial charge in [0.15, 0.2) is 0 Å². The van der Waals surface area contributed by atoms with Crippen LogP contribution in [0.25, 0.3) is 0 Å². The van der Waals surface area contributed by atoms with Crippen LogP contribution in [0.4, 0.5) is 5.69 Å². The van der Waals surface area contributed by atoms with Gasteiger partial charge in [0.05, 0.1) is 26.9 Å². The lowest BCUT2D eigenvalue weighted by Crippen LogP contribution is -3.15. The summed E-state index contributed by atoms with van der Waals surface area (Å²) in [5, 5.41) is 3.12. The van der Waals surface area contributed by atoms with Crippen molar-refractivity contribution in [2.24, 2.45) is 0 Å². The Morgan fingerprint density at radius 1 is 1.11 bits per heavy atom. The third-order valence-corrected chi connectivity index (χ3v) is 5.26. The standard InChI is InChI=1S/C22H29N3O3/c1-24(2)19-8-4-17(5-9-19)21(25-12-14-28-15-13-25)16-23-22(26)18-6-10-20(27-3)11-7-18/h4-11,21H,12-16H2,1-3H3,(H,23,26)/p+1/t21-/m0/s1. The van der Waals surface area contributed by atoms with Crippen molar-refractivity contribution in [1.82, 2.24) is 5.32 Å². The van der Waals surface area contributed by atoms with Crippen LogP contribution in [0.5, 0.6) is 5.75 Å². The van der Waals surface area contributed by atoms with Crippen LogP contribution >= 0.6 is 0 Å². The summed E-state index contributed by atoms with van der Waals surface area (Å²) in [7, 11) is 5.69. The summed E-state index contributed by atoms with van der Waals surface area (Å²) in [5.41, 5.74) is 3.04. The second-order valence-corrected chi connectivity index (χ2v) is 7.25. The van der Waals surface area contributed by atoms with Crippen LogP contribution in [0, 0.1) is 0 Å². The number of hydrogen-bond donors (Lipinski definition) is 2. The third-order valence-electron chi connectivity index (χ3n) is 5.26. The van der Waals surface area contributed by atoms with E-state index >= 15 is 0 Å². The van der Waals surface area contributed by atoms with Crippen molar-refractivity contribution < 1.29 is 19.2 Å². The number of nitrogens with zero attached hydrogens (tertiary/aromatic N) is 1. The number of ether oxygens (including phenoxy) is 2. The van der Waals surface area contributed by atoms with Crippen molar-refractivity contribution in [3.8, 4) is 5.75 Å². The van der Waals surface area contributed by atoms with Gasteiger partial charge in [-0.15, -0.1) is 0 Å². The van der Waals surface area contributed by atoms with E-state index in [1.165, 1.54) is 16.2 Å². The van der Waals surface area contributed by atoms with Gasteiger partial charge in [-0.3, -0.25) is 4.79 Å². The summed E-state index contributed by atoms with van der Waals surface area (Å²) in [6.07, 6.45) is 0. The zero-order chi connectivity index (χ0) is 19.9. The molecule has 1 aliphatic heterocycles. The molecule has 1 saturated heterocycles. The number of carbonyl (C=O) groups is 1. The molecule has 2 N–H and O–H groups in total. The summed E-state index contributed by atoms with van der Waals surface area (Å²) < 4.78 is 10.7. The zero-order valence-electron chi connectivity index (χ0n) is 16.9.